The van der Waals surface area contributed by atoms with Crippen LogP contribution in [0, 0.1) is 5.82 Å². The van der Waals surface area contributed by atoms with Gasteiger partial charge in [0.05, 0.1) is 24.0 Å². The molecule has 0 spiro atoms. The zero-order valence-corrected chi connectivity index (χ0v) is 14.0. The molecule has 0 saturated carbocycles. The SMILES string of the molecule is CC(=O)NCc1cccc([C@H]2CCCN2C(=O)c2cccc(F)c2)n1. The van der Waals surface area contributed by atoms with E-state index < -0.39 is 5.82 Å². The molecule has 2 amide bonds. The van der Waals surface area contributed by atoms with E-state index >= 15 is 0 Å². The zero-order valence-electron chi connectivity index (χ0n) is 14.0. The van der Waals surface area contributed by atoms with Crippen LogP contribution in [0.2, 0.25) is 0 Å². The Hall–Kier alpha value is -2.76. The van der Waals surface area contributed by atoms with Crippen LogP contribution < -0.4 is 5.32 Å². The van der Waals surface area contributed by atoms with Crippen LogP contribution in [0.4, 0.5) is 4.39 Å². The molecular formula is C19H20FN3O2. The van der Waals surface area contributed by atoms with Gasteiger partial charge in [-0.3, -0.25) is 14.6 Å². The van der Waals surface area contributed by atoms with Crippen LogP contribution in [-0.2, 0) is 11.3 Å². The molecule has 0 aliphatic carbocycles. The van der Waals surface area contributed by atoms with E-state index in [1.165, 1.54) is 19.1 Å². The summed E-state index contributed by atoms with van der Waals surface area (Å²) >= 11 is 0. The van der Waals surface area contributed by atoms with Gasteiger partial charge >= 0.3 is 0 Å². The second-order valence-corrected chi connectivity index (χ2v) is 6.13. The highest BCUT2D eigenvalue weighted by Gasteiger charge is 2.31. The number of nitrogens with one attached hydrogen (secondary N) is 1. The standard InChI is InChI=1S/C19H20FN3O2/c1-13(24)21-12-16-7-3-8-17(22-16)18-9-4-10-23(18)19(25)14-5-2-6-15(20)11-14/h2-3,5-8,11,18H,4,9-10,12H2,1H3,(H,21,24)/t18-/m1/s1. The van der Waals surface area contributed by atoms with Crippen molar-refractivity contribution in [2.24, 2.45) is 0 Å². The van der Waals surface area contributed by atoms with Crippen molar-refractivity contribution in [2.75, 3.05) is 6.54 Å². The van der Waals surface area contributed by atoms with Crippen LogP contribution in [0.25, 0.3) is 0 Å². The number of pyridine rings is 1. The number of carbonyl (C=O) groups excluding carboxylic acids is 2. The Morgan fingerprint density at radius 1 is 1.28 bits per heavy atom. The number of likely N-dealkylation sites (tertiary alicyclic amines) is 1. The number of hydrogen-bond acceptors (Lipinski definition) is 3. The molecule has 1 aromatic heterocycles. The lowest BCUT2D eigenvalue weighted by Gasteiger charge is -2.25. The van der Waals surface area contributed by atoms with Crippen LogP contribution >= 0.6 is 0 Å². The van der Waals surface area contributed by atoms with Crippen molar-refractivity contribution in [3.05, 3.63) is 65.2 Å². The molecule has 0 bridgehead atoms. The average molecular weight is 341 g/mol. The first-order valence-electron chi connectivity index (χ1n) is 8.31. The molecule has 130 valence electrons. The van der Waals surface area contributed by atoms with Crippen molar-refractivity contribution in [2.45, 2.75) is 32.4 Å². The molecule has 5 nitrogen and oxygen atoms in total. The maximum absolute atomic E-state index is 13.4. The van der Waals surface area contributed by atoms with E-state index in [0.717, 1.165) is 24.2 Å². The fourth-order valence-corrected chi connectivity index (χ4v) is 3.10. The number of halogens is 1. The second-order valence-electron chi connectivity index (χ2n) is 6.13. The third-order valence-electron chi connectivity index (χ3n) is 4.27. The summed E-state index contributed by atoms with van der Waals surface area (Å²) in [5.41, 5.74) is 1.89. The smallest absolute Gasteiger partial charge is 0.254 e. The highest BCUT2D eigenvalue weighted by Crippen LogP contribution is 2.32. The summed E-state index contributed by atoms with van der Waals surface area (Å²) in [4.78, 5) is 30.2. The lowest BCUT2D eigenvalue weighted by atomic mass is 10.1. The fraction of sp³-hybridized carbons (Fsp3) is 0.316. The van der Waals surface area contributed by atoms with E-state index in [1.54, 1.807) is 17.0 Å². The average Bonchev–Trinajstić information content (AvgIpc) is 3.09. The van der Waals surface area contributed by atoms with Gasteiger partial charge in [0.1, 0.15) is 5.82 Å². The maximum Gasteiger partial charge on any atom is 0.254 e. The van der Waals surface area contributed by atoms with Gasteiger partial charge in [-0.2, -0.15) is 0 Å². The molecule has 0 unspecified atom stereocenters. The summed E-state index contributed by atoms with van der Waals surface area (Å²) in [6.07, 6.45) is 1.70. The Kier molecular flexibility index (Phi) is 5.07. The summed E-state index contributed by atoms with van der Waals surface area (Å²) in [5, 5.41) is 2.72. The highest BCUT2D eigenvalue weighted by atomic mass is 19.1. The Morgan fingerprint density at radius 2 is 2.08 bits per heavy atom. The van der Waals surface area contributed by atoms with E-state index in [9.17, 15) is 14.0 Å². The quantitative estimate of drug-likeness (QED) is 0.930. The van der Waals surface area contributed by atoms with Gasteiger partial charge in [-0.15, -0.1) is 0 Å². The summed E-state index contributed by atoms with van der Waals surface area (Å²) in [6.45, 7) is 2.44. The minimum Gasteiger partial charge on any atom is -0.351 e. The Balaban J connectivity index is 1.80. The highest BCUT2D eigenvalue weighted by molar-refractivity contribution is 5.94. The van der Waals surface area contributed by atoms with Gasteiger partial charge in [0.2, 0.25) is 5.91 Å². The van der Waals surface area contributed by atoms with Crippen molar-refractivity contribution >= 4 is 11.8 Å². The first kappa shape index (κ1) is 17.1. The van der Waals surface area contributed by atoms with Gasteiger partial charge < -0.3 is 10.2 Å². The van der Waals surface area contributed by atoms with Crippen molar-refractivity contribution < 1.29 is 14.0 Å². The molecule has 2 heterocycles. The monoisotopic (exact) mass is 341 g/mol. The zero-order chi connectivity index (χ0) is 17.8. The summed E-state index contributed by atoms with van der Waals surface area (Å²) in [7, 11) is 0. The van der Waals surface area contributed by atoms with Crippen molar-refractivity contribution in [3.63, 3.8) is 0 Å². The Morgan fingerprint density at radius 3 is 2.84 bits per heavy atom. The number of hydrogen-bond donors (Lipinski definition) is 1. The second kappa shape index (κ2) is 7.42. The number of carbonyl (C=O) groups is 2. The Labute approximate surface area is 145 Å². The number of amides is 2. The molecule has 1 aliphatic heterocycles. The molecule has 2 aromatic rings. The van der Waals surface area contributed by atoms with Crippen LogP contribution in [0.5, 0.6) is 0 Å². The van der Waals surface area contributed by atoms with Crippen LogP contribution in [0.15, 0.2) is 42.5 Å². The molecule has 1 N–H and O–H groups in total. The predicted octanol–water partition coefficient (Wildman–Crippen LogP) is 2.83. The minimum absolute atomic E-state index is 0.115. The van der Waals surface area contributed by atoms with Gasteiger partial charge in [0.15, 0.2) is 0 Å². The first-order chi connectivity index (χ1) is 12.0. The van der Waals surface area contributed by atoms with Crippen molar-refractivity contribution in [3.8, 4) is 0 Å². The number of aromatic nitrogens is 1. The lowest BCUT2D eigenvalue weighted by molar-refractivity contribution is -0.119. The van der Waals surface area contributed by atoms with E-state index in [2.05, 4.69) is 10.3 Å². The van der Waals surface area contributed by atoms with Crippen molar-refractivity contribution in [1.82, 2.24) is 15.2 Å². The van der Waals surface area contributed by atoms with Crippen LogP contribution in [-0.4, -0.2) is 28.2 Å². The molecule has 6 heteroatoms. The third kappa shape index (κ3) is 4.02. The predicted molar refractivity (Wildman–Crippen MR) is 91.2 cm³/mol. The first-order valence-corrected chi connectivity index (χ1v) is 8.31. The topological polar surface area (TPSA) is 62.3 Å². The molecule has 1 fully saturated rings. The minimum atomic E-state index is -0.419. The number of nitrogens with zero attached hydrogens (tertiary/aromatic N) is 2. The molecular weight excluding hydrogens is 321 g/mol. The summed E-state index contributed by atoms with van der Waals surface area (Å²) < 4.78 is 13.4. The molecule has 0 radical (unpaired) electrons. The lowest BCUT2D eigenvalue weighted by Crippen LogP contribution is -2.31. The summed E-state index contributed by atoms with van der Waals surface area (Å²) in [5.74, 6) is -0.718. The molecule has 1 atom stereocenters. The number of rotatable bonds is 4. The van der Waals surface area contributed by atoms with E-state index in [-0.39, 0.29) is 17.9 Å². The van der Waals surface area contributed by atoms with Gasteiger partial charge in [0.25, 0.3) is 5.91 Å². The van der Waals surface area contributed by atoms with Gasteiger partial charge in [0, 0.05) is 19.0 Å². The molecule has 3 rings (SSSR count). The van der Waals surface area contributed by atoms with Gasteiger partial charge in [-0.25, -0.2) is 4.39 Å². The molecule has 1 saturated heterocycles. The van der Waals surface area contributed by atoms with Crippen LogP contribution in [0.1, 0.15) is 47.6 Å². The maximum atomic E-state index is 13.4. The largest absolute Gasteiger partial charge is 0.351 e. The fourth-order valence-electron chi connectivity index (χ4n) is 3.10. The molecule has 1 aromatic carbocycles. The normalized spacial score (nSPS) is 16.7. The van der Waals surface area contributed by atoms with Crippen LogP contribution in [0.3, 0.4) is 0 Å². The summed E-state index contributed by atoms with van der Waals surface area (Å²) in [6, 6.07) is 11.2. The Bertz CT molecular complexity index is 794. The molecule has 1 aliphatic rings. The van der Waals surface area contributed by atoms with E-state index in [4.69, 9.17) is 0 Å². The van der Waals surface area contributed by atoms with E-state index in [1.807, 2.05) is 18.2 Å². The number of benzene rings is 1. The third-order valence-corrected chi connectivity index (χ3v) is 4.27. The van der Waals surface area contributed by atoms with Gasteiger partial charge in [-0.05, 0) is 43.2 Å². The van der Waals surface area contributed by atoms with E-state index in [0.29, 0.717) is 18.7 Å². The molecule has 25 heavy (non-hydrogen) atoms. The van der Waals surface area contributed by atoms with Gasteiger partial charge in [-0.1, -0.05) is 12.1 Å². The van der Waals surface area contributed by atoms with Crippen molar-refractivity contribution in [1.29, 1.82) is 0 Å².